The largest absolute Gasteiger partial charge is 0.433 e. The Labute approximate surface area is 280 Å². The molecule has 0 atom stereocenters. The lowest BCUT2D eigenvalue weighted by atomic mass is 10.0. The number of anilines is 2. The Morgan fingerprint density at radius 1 is 0.500 bits per heavy atom. The molecule has 48 heavy (non-hydrogen) atoms. The van der Waals surface area contributed by atoms with Gasteiger partial charge in [-0.1, -0.05) is 72.3 Å². The molecular formula is C30H18BrClF6N10. The lowest BCUT2D eigenvalue weighted by Crippen LogP contribution is -2.09. The Bertz CT molecular complexity index is 1920. The van der Waals surface area contributed by atoms with Crippen LogP contribution in [0.3, 0.4) is 0 Å². The van der Waals surface area contributed by atoms with Gasteiger partial charge in [-0.15, -0.1) is 20.4 Å². The van der Waals surface area contributed by atoms with Crippen LogP contribution in [0, 0.1) is 0 Å². The summed E-state index contributed by atoms with van der Waals surface area (Å²) in [5.41, 5.74) is 11.5. The van der Waals surface area contributed by atoms with Crippen molar-refractivity contribution in [1.82, 2.24) is 40.3 Å². The third-order valence-corrected chi connectivity index (χ3v) is 6.82. The highest BCUT2D eigenvalue weighted by Gasteiger charge is 2.34. The van der Waals surface area contributed by atoms with Crippen molar-refractivity contribution in [2.75, 3.05) is 11.5 Å². The molecule has 0 aliphatic heterocycles. The van der Waals surface area contributed by atoms with Crippen LogP contribution >= 0.6 is 27.5 Å². The molecule has 10 nitrogen and oxygen atoms in total. The van der Waals surface area contributed by atoms with E-state index < -0.39 is 23.7 Å². The molecule has 6 aromatic rings. The number of nitrogen functional groups attached to an aromatic ring is 2. The van der Waals surface area contributed by atoms with Gasteiger partial charge in [-0.2, -0.15) is 26.3 Å². The first-order valence-electron chi connectivity index (χ1n) is 13.3. The zero-order chi connectivity index (χ0) is 34.6. The molecular weight excluding hydrogens is 730 g/mol. The van der Waals surface area contributed by atoms with Crippen molar-refractivity contribution in [2.45, 2.75) is 12.4 Å². The normalized spacial score (nSPS) is 11.5. The molecule has 4 heterocycles. The Hall–Kier alpha value is -5.29. The first kappa shape index (κ1) is 34.1. The lowest BCUT2D eigenvalue weighted by molar-refractivity contribution is -0.142. The van der Waals surface area contributed by atoms with Gasteiger partial charge < -0.3 is 11.5 Å². The number of nitrogens with two attached hydrogens (primary N) is 2. The summed E-state index contributed by atoms with van der Waals surface area (Å²) in [6.07, 6.45) is -9.22. The van der Waals surface area contributed by atoms with Crippen molar-refractivity contribution in [1.29, 1.82) is 0 Å². The highest BCUT2D eigenvalue weighted by Crippen LogP contribution is 2.36. The lowest BCUT2D eigenvalue weighted by Gasteiger charge is -2.11. The summed E-state index contributed by atoms with van der Waals surface area (Å²) < 4.78 is 77.9. The molecule has 0 spiro atoms. The molecule has 0 fully saturated rings. The van der Waals surface area contributed by atoms with E-state index in [0.29, 0.717) is 22.5 Å². The molecule has 0 saturated heterocycles. The molecule has 0 aliphatic rings. The number of benzene rings is 2. The van der Waals surface area contributed by atoms with E-state index in [1.165, 1.54) is 12.1 Å². The van der Waals surface area contributed by atoms with Crippen LogP contribution in [0.1, 0.15) is 11.4 Å². The number of nitrogens with zero attached hydrogens (tertiary/aromatic N) is 8. The van der Waals surface area contributed by atoms with E-state index in [4.69, 9.17) is 23.1 Å². The fourth-order valence-electron chi connectivity index (χ4n) is 4.22. The van der Waals surface area contributed by atoms with E-state index in [9.17, 15) is 26.3 Å². The van der Waals surface area contributed by atoms with Gasteiger partial charge in [0.1, 0.15) is 43.9 Å². The Morgan fingerprint density at radius 3 is 1.35 bits per heavy atom. The highest BCUT2D eigenvalue weighted by atomic mass is 79.9. The monoisotopic (exact) mass is 746 g/mol. The van der Waals surface area contributed by atoms with Crippen molar-refractivity contribution >= 4 is 39.4 Å². The van der Waals surface area contributed by atoms with E-state index in [1.54, 1.807) is 54.6 Å². The molecule has 0 saturated carbocycles. The summed E-state index contributed by atoms with van der Waals surface area (Å²) in [6, 6.07) is 22.1. The maximum absolute atomic E-state index is 13.0. The van der Waals surface area contributed by atoms with Crippen LogP contribution < -0.4 is 11.5 Å². The molecule has 0 unspecified atom stereocenters. The third kappa shape index (κ3) is 8.16. The average molecular weight is 748 g/mol. The second-order valence-electron chi connectivity index (χ2n) is 9.59. The number of pyridine rings is 2. The van der Waals surface area contributed by atoms with Crippen molar-refractivity contribution in [3.05, 3.63) is 106 Å². The predicted molar refractivity (Wildman–Crippen MR) is 169 cm³/mol. The standard InChI is InChI=1S/C15H9BrF3N5.C15H9ClF3N5/c2*16-11-7-9(6-10(21-11)15(17,18)19)13-12(22-14(20)24-23-13)8-4-2-1-3-5-8/h2*1-7H,(H2,20,22,24). The van der Waals surface area contributed by atoms with Gasteiger partial charge in [0.25, 0.3) is 0 Å². The van der Waals surface area contributed by atoms with Crippen LogP contribution in [0.5, 0.6) is 0 Å². The van der Waals surface area contributed by atoms with Crippen LogP contribution in [-0.2, 0) is 12.4 Å². The van der Waals surface area contributed by atoms with E-state index in [1.807, 2.05) is 6.07 Å². The number of hydrogen-bond donors (Lipinski definition) is 2. The van der Waals surface area contributed by atoms with Gasteiger partial charge in [0.05, 0.1) is 0 Å². The fraction of sp³-hybridized carbons (Fsp3) is 0.0667. The zero-order valence-electron chi connectivity index (χ0n) is 23.8. The predicted octanol–water partition coefficient (Wildman–Crippen LogP) is 7.82. The summed E-state index contributed by atoms with van der Waals surface area (Å²) >= 11 is 8.72. The van der Waals surface area contributed by atoms with E-state index in [2.05, 4.69) is 56.3 Å². The van der Waals surface area contributed by atoms with Crippen molar-refractivity contribution in [3.63, 3.8) is 0 Å². The molecule has 6 rings (SSSR count). The average Bonchev–Trinajstić information content (AvgIpc) is 3.04. The van der Waals surface area contributed by atoms with Crippen LogP contribution in [0.4, 0.5) is 38.2 Å². The molecule has 0 amide bonds. The Morgan fingerprint density at radius 2 is 0.917 bits per heavy atom. The minimum absolute atomic E-state index is 0.0324. The molecule has 18 heteroatoms. The SMILES string of the molecule is Nc1nnc(-c2cc(Br)nc(C(F)(F)F)c2)c(-c2ccccc2)n1.Nc1nnc(-c2cc(Cl)nc(C(F)(F)F)c2)c(-c2ccccc2)n1. The minimum Gasteiger partial charge on any atom is -0.366 e. The second-order valence-corrected chi connectivity index (χ2v) is 10.8. The molecule has 2 aromatic carbocycles. The first-order chi connectivity index (χ1) is 22.7. The van der Waals surface area contributed by atoms with Crippen LogP contribution in [0.25, 0.3) is 45.0 Å². The van der Waals surface area contributed by atoms with Crippen LogP contribution in [-0.4, -0.2) is 40.3 Å². The Balaban J connectivity index is 0.000000188. The number of alkyl halides is 6. The fourth-order valence-corrected chi connectivity index (χ4v) is 4.86. The molecule has 0 aliphatic carbocycles. The smallest absolute Gasteiger partial charge is 0.366 e. The van der Waals surface area contributed by atoms with Gasteiger partial charge in [-0.25, -0.2) is 19.9 Å². The van der Waals surface area contributed by atoms with Gasteiger partial charge >= 0.3 is 12.4 Å². The molecule has 244 valence electrons. The minimum atomic E-state index is -4.64. The van der Waals surface area contributed by atoms with Crippen molar-refractivity contribution in [2.24, 2.45) is 0 Å². The zero-order valence-corrected chi connectivity index (χ0v) is 26.2. The van der Waals surface area contributed by atoms with Crippen LogP contribution in [0.15, 0.2) is 89.5 Å². The number of aromatic nitrogens is 8. The van der Waals surface area contributed by atoms with Gasteiger partial charge in [-0.05, 0) is 40.2 Å². The van der Waals surface area contributed by atoms with Crippen molar-refractivity contribution < 1.29 is 26.3 Å². The summed E-state index contributed by atoms with van der Waals surface area (Å²) in [6.45, 7) is 0. The molecule has 0 radical (unpaired) electrons. The van der Waals surface area contributed by atoms with Crippen LogP contribution in [0.2, 0.25) is 5.15 Å². The van der Waals surface area contributed by atoms with Gasteiger partial charge in [0.15, 0.2) is 0 Å². The topological polar surface area (TPSA) is 155 Å². The van der Waals surface area contributed by atoms with Gasteiger partial charge in [0.2, 0.25) is 11.9 Å². The summed E-state index contributed by atoms with van der Waals surface area (Å²) in [5, 5.41) is 14.8. The Kier molecular flexibility index (Phi) is 9.81. The highest BCUT2D eigenvalue weighted by molar-refractivity contribution is 9.10. The van der Waals surface area contributed by atoms with Gasteiger partial charge in [-0.3, -0.25) is 0 Å². The molecule has 4 aromatic heterocycles. The molecule has 0 bridgehead atoms. The number of rotatable bonds is 4. The quantitative estimate of drug-likeness (QED) is 0.135. The van der Waals surface area contributed by atoms with E-state index in [-0.39, 0.29) is 44.2 Å². The maximum Gasteiger partial charge on any atom is 0.433 e. The number of hydrogen-bond acceptors (Lipinski definition) is 10. The van der Waals surface area contributed by atoms with Crippen molar-refractivity contribution in [3.8, 4) is 45.0 Å². The first-order valence-corrected chi connectivity index (χ1v) is 14.5. The molecule has 4 N–H and O–H groups in total. The van der Waals surface area contributed by atoms with E-state index >= 15 is 0 Å². The second kappa shape index (κ2) is 13.8. The summed E-state index contributed by atoms with van der Waals surface area (Å²) in [4.78, 5) is 15.0. The van der Waals surface area contributed by atoms with E-state index in [0.717, 1.165) is 12.1 Å². The summed E-state index contributed by atoms with van der Waals surface area (Å²) in [7, 11) is 0. The maximum atomic E-state index is 13.0. The number of halogens is 8. The van der Waals surface area contributed by atoms with Gasteiger partial charge in [0, 0.05) is 22.3 Å². The third-order valence-electron chi connectivity index (χ3n) is 6.22. The summed E-state index contributed by atoms with van der Waals surface area (Å²) in [5.74, 6) is -0.157.